The number of piperidine rings is 1. The van der Waals surface area contributed by atoms with Crippen LogP contribution in [0.3, 0.4) is 0 Å². The van der Waals surface area contributed by atoms with E-state index in [-0.39, 0.29) is 24.1 Å². The molecular formula is C19H21N3O3S. The van der Waals surface area contributed by atoms with E-state index in [1.807, 2.05) is 47.1 Å². The Balaban J connectivity index is 1.38. The summed E-state index contributed by atoms with van der Waals surface area (Å²) in [5.74, 6) is 0.0630. The van der Waals surface area contributed by atoms with Gasteiger partial charge < -0.3 is 14.5 Å². The lowest BCUT2D eigenvalue weighted by molar-refractivity contribution is 0.0663. The van der Waals surface area contributed by atoms with Crippen molar-refractivity contribution in [1.29, 1.82) is 0 Å². The van der Waals surface area contributed by atoms with Gasteiger partial charge in [-0.1, -0.05) is 6.07 Å². The summed E-state index contributed by atoms with van der Waals surface area (Å²) in [6.07, 6.45) is 3.09. The molecule has 0 spiro atoms. The van der Waals surface area contributed by atoms with Crippen molar-refractivity contribution in [1.82, 2.24) is 14.8 Å². The highest BCUT2D eigenvalue weighted by molar-refractivity contribution is 7.17. The van der Waals surface area contributed by atoms with Crippen LogP contribution < -0.4 is 0 Å². The van der Waals surface area contributed by atoms with E-state index in [9.17, 15) is 9.59 Å². The second-order valence-electron chi connectivity index (χ2n) is 6.75. The molecule has 7 heteroatoms. The molecular weight excluding hydrogens is 350 g/mol. The number of hydrogen-bond acceptors (Lipinski definition) is 5. The van der Waals surface area contributed by atoms with Crippen molar-refractivity contribution < 1.29 is 14.3 Å². The van der Waals surface area contributed by atoms with Crippen molar-refractivity contribution in [3.63, 3.8) is 0 Å². The minimum atomic E-state index is -0.222. The summed E-state index contributed by atoms with van der Waals surface area (Å²) in [6.45, 7) is 3.89. The minimum Gasteiger partial charge on any atom is -0.444 e. The van der Waals surface area contributed by atoms with E-state index >= 15 is 0 Å². The van der Waals surface area contributed by atoms with Crippen LogP contribution in [0, 0.1) is 0 Å². The maximum absolute atomic E-state index is 12.8. The van der Waals surface area contributed by atoms with Crippen molar-refractivity contribution in [2.45, 2.75) is 31.9 Å². The Labute approximate surface area is 156 Å². The molecule has 136 valence electrons. The molecule has 4 rings (SSSR count). The van der Waals surface area contributed by atoms with Gasteiger partial charge in [0.2, 0.25) is 0 Å². The van der Waals surface area contributed by atoms with E-state index < -0.39 is 0 Å². The molecule has 1 unspecified atom stereocenters. The molecule has 0 aliphatic carbocycles. The molecule has 1 atom stereocenters. The lowest BCUT2D eigenvalue weighted by Crippen LogP contribution is -2.47. The number of ether oxygens (including phenoxy) is 1. The van der Waals surface area contributed by atoms with Crippen LogP contribution in [-0.4, -0.2) is 58.6 Å². The molecule has 0 aromatic carbocycles. The highest BCUT2D eigenvalue weighted by Crippen LogP contribution is 2.29. The van der Waals surface area contributed by atoms with E-state index in [0.717, 1.165) is 28.3 Å². The van der Waals surface area contributed by atoms with Gasteiger partial charge >= 0.3 is 6.09 Å². The van der Waals surface area contributed by atoms with Crippen LogP contribution in [0.4, 0.5) is 4.79 Å². The van der Waals surface area contributed by atoms with Crippen LogP contribution in [-0.2, 0) is 4.74 Å². The van der Waals surface area contributed by atoms with Crippen molar-refractivity contribution >= 4 is 23.3 Å². The summed E-state index contributed by atoms with van der Waals surface area (Å²) in [7, 11) is 0. The van der Waals surface area contributed by atoms with Gasteiger partial charge in [-0.15, -0.1) is 11.3 Å². The van der Waals surface area contributed by atoms with Gasteiger partial charge in [0.25, 0.3) is 5.91 Å². The number of aromatic nitrogens is 1. The van der Waals surface area contributed by atoms with Crippen LogP contribution in [0.5, 0.6) is 0 Å². The predicted molar refractivity (Wildman–Crippen MR) is 99.1 cm³/mol. The summed E-state index contributed by atoms with van der Waals surface area (Å²) in [5.41, 5.74) is 0.886. The van der Waals surface area contributed by atoms with Crippen LogP contribution in [0.2, 0.25) is 0 Å². The molecule has 2 aliphatic heterocycles. The molecule has 0 saturated carbocycles. The molecule has 2 amide bonds. The van der Waals surface area contributed by atoms with Crippen molar-refractivity contribution in [2.75, 3.05) is 19.6 Å². The molecule has 2 aromatic rings. The van der Waals surface area contributed by atoms with Gasteiger partial charge in [-0.25, -0.2) is 4.79 Å². The van der Waals surface area contributed by atoms with E-state index in [1.165, 1.54) is 11.3 Å². The smallest absolute Gasteiger partial charge is 0.410 e. The third-order valence-corrected chi connectivity index (χ3v) is 6.01. The highest BCUT2D eigenvalue weighted by atomic mass is 32.1. The number of likely N-dealkylation sites (tertiary alicyclic amines) is 1. The lowest BCUT2D eigenvalue weighted by Gasteiger charge is -2.35. The molecule has 4 heterocycles. The number of carbonyl (C=O) groups is 2. The predicted octanol–water partition coefficient (Wildman–Crippen LogP) is 3.26. The van der Waals surface area contributed by atoms with Crippen molar-refractivity contribution in [3.8, 4) is 10.6 Å². The van der Waals surface area contributed by atoms with Gasteiger partial charge in [-0.05, 0) is 44.0 Å². The summed E-state index contributed by atoms with van der Waals surface area (Å²) in [4.78, 5) is 34.4. The average Bonchev–Trinajstić information content (AvgIpc) is 3.29. The third-order valence-electron chi connectivity index (χ3n) is 4.92. The number of rotatable bonds is 3. The van der Waals surface area contributed by atoms with Crippen molar-refractivity contribution in [3.05, 3.63) is 41.4 Å². The summed E-state index contributed by atoms with van der Waals surface area (Å²) in [5, 5.41) is 0. The van der Waals surface area contributed by atoms with E-state index in [2.05, 4.69) is 4.98 Å². The van der Waals surface area contributed by atoms with Gasteiger partial charge in [0, 0.05) is 25.3 Å². The number of thiophene rings is 1. The Bertz CT molecular complexity index is 799. The normalized spacial score (nSPS) is 21.1. The van der Waals surface area contributed by atoms with E-state index in [4.69, 9.17) is 4.74 Å². The monoisotopic (exact) mass is 371 g/mol. The van der Waals surface area contributed by atoms with Gasteiger partial charge in [-0.3, -0.25) is 9.78 Å². The summed E-state index contributed by atoms with van der Waals surface area (Å²) in [6, 6.07) is 9.77. The zero-order chi connectivity index (χ0) is 18.1. The second-order valence-corrected chi connectivity index (χ2v) is 7.83. The second kappa shape index (κ2) is 7.07. The summed E-state index contributed by atoms with van der Waals surface area (Å²) < 4.78 is 5.22. The quantitative estimate of drug-likeness (QED) is 0.831. The molecule has 0 bridgehead atoms. The molecule has 2 fully saturated rings. The number of hydrogen-bond donors (Lipinski definition) is 0. The zero-order valence-corrected chi connectivity index (χ0v) is 15.4. The maximum Gasteiger partial charge on any atom is 0.410 e. The topological polar surface area (TPSA) is 62.7 Å². The standard InChI is InChI=1S/C19H21N3O3S/c1-13-12-22(19(24)25-13)14-7-10-21(11-8-14)18(23)17-6-5-16(26-17)15-4-2-3-9-20-15/h2-6,9,13-14H,7-8,10-12H2,1H3. The minimum absolute atomic E-state index is 0.0432. The third kappa shape index (κ3) is 3.31. The van der Waals surface area contributed by atoms with Crippen molar-refractivity contribution in [2.24, 2.45) is 0 Å². The Morgan fingerprint density at radius 3 is 2.69 bits per heavy atom. The molecule has 0 radical (unpaired) electrons. The van der Waals surface area contributed by atoms with Crippen LogP contribution in [0.15, 0.2) is 36.5 Å². The van der Waals surface area contributed by atoms with Crippen LogP contribution in [0.1, 0.15) is 29.4 Å². The first-order valence-electron chi connectivity index (χ1n) is 8.89. The molecule has 26 heavy (non-hydrogen) atoms. The number of cyclic esters (lactones) is 1. The lowest BCUT2D eigenvalue weighted by atomic mass is 10.0. The SMILES string of the molecule is CC1CN(C2CCN(C(=O)c3ccc(-c4ccccn4)s3)CC2)C(=O)O1. The Kier molecular flexibility index (Phi) is 4.63. The first kappa shape index (κ1) is 17.0. The Morgan fingerprint density at radius 1 is 1.23 bits per heavy atom. The molecule has 6 nitrogen and oxygen atoms in total. The fourth-order valence-electron chi connectivity index (χ4n) is 3.56. The van der Waals surface area contributed by atoms with Gasteiger partial charge in [0.15, 0.2) is 0 Å². The molecule has 2 aliphatic rings. The van der Waals surface area contributed by atoms with Crippen LogP contribution in [0.25, 0.3) is 10.6 Å². The van der Waals surface area contributed by atoms with Gasteiger partial charge in [-0.2, -0.15) is 0 Å². The van der Waals surface area contributed by atoms with Gasteiger partial charge in [0.1, 0.15) is 6.10 Å². The fraction of sp³-hybridized carbons (Fsp3) is 0.421. The fourth-order valence-corrected chi connectivity index (χ4v) is 4.51. The average molecular weight is 371 g/mol. The van der Waals surface area contributed by atoms with E-state index in [0.29, 0.717) is 19.6 Å². The Morgan fingerprint density at radius 2 is 2.04 bits per heavy atom. The molecule has 2 aromatic heterocycles. The largest absolute Gasteiger partial charge is 0.444 e. The number of carbonyl (C=O) groups excluding carboxylic acids is 2. The first-order valence-corrected chi connectivity index (χ1v) is 9.71. The molecule has 2 saturated heterocycles. The Hall–Kier alpha value is -2.41. The first-order chi connectivity index (χ1) is 12.6. The summed E-state index contributed by atoms with van der Waals surface area (Å²) >= 11 is 1.48. The number of pyridine rings is 1. The number of nitrogens with zero attached hydrogens (tertiary/aromatic N) is 3. The maximum atomic E-state index is 12.8. The van der Waals surface area contributed by atoms with Crippen LogP contribution >= 0.6 is 11.3 Å². The zero-order valence-electron chi connectivity index (χ0n) is 14.6. The molecule has 0 N–H and O–H groups in total. The van der Waals surface area contributed by atoms with Gasteiger partial charge in [0.05, 0.1) is 22.0 Å². The number of amides is 2. The van der Waals surface area contributed by atoms with E-state index in [1.54, 1.807) is 6.20 Å². The highest BCUT2D eigenvalue weighted by Gasteiger charge is 2.36.